The van der Waals surface area contributed by atoms with Crippen molar-refractivity contribution in [1.29, 1.82) is 0 Å². The molecule has 6 heteroatoms. The smallest absolute Gasteiger partial charge is 0.255 e. The lowest BCUT2D eigenvalue weighted by Gasteiger charge is -2.26. The van der Waals surface area contributed by atoms with Crippen molar-refractivity contribution in [2.24, 2.45) is 0 Å². The van der Waals surface area contributed by atoms with Gasteiger partial charge in [0, 0.05) is 5.02 Å². The molecule has 1 atom stereocenters. The number of hydrogen-bond acceptors (Lipinski definition) is 4. The zero-order chi connectivity index (χ0) is 20.1. The predicted molar refractivity (Wildman–Crippen MR) is 111 cm³/mol. The van der Waals surface area contributed by atoms with Crippen molar-refractivity contribution in [3.8, 4) is 17.2 Å². The Hall–Kier alpha value is -3.18. The van der Waals surface area contributed by atoms with Crippen LogP contribution in [0.4, 0.5) is 0 Å². The van der Waals surface area contributed by atoms with Crippen molar-refractivity contribution >= 4 is 17.5 Å². The van der Waals surface area contributed by atoms with Crippen LogP contribution in [0.3, 0.4) is 0 Å². The van der Waals surface area contributed by atoms with Crippen LogP contribution in [0.1, 0.15) is 15.9 Å². The van der Waals surface area contributed by atoms with Crippen molar-refractivity contribution in [1.82, 2.24) is 5.32 Å². The zero-order valence-electron chi connectivity index (χ0n) is 15.6. The molecule has 0 unspecified atom stereocenters. The van der Waals surface area contributed by atoms with Gasteiger partial charge in [0.15, 0.2) is 11.5 Å². The fourth-order valence-electron chi connectivity index (χ4n) is 2.99. The van der Waals surface area contributed by atoms with Crippen LogP contribution in [0.15, 0.2) is 72.8 Å². The SMILES string of the molecule is O=C(NC[C@@H]1COc2ccccc2O1)c1ccccc1OCc1ccc(Cl)cc1. The quantitative estimate of drug-likeness (QED) is 0.651. The van der Waals surface area contributed by atoms with Crippen molar-refractivity contribution in [3.05, 3.63) is 88.9 Å². The highest BCUT2D eigenvalue weighted by Crippen LogP contribution is 2.30. The molecule has 148 valence electrons. The maximum Gasteiger partial charge on any atom is 0.255 e. The number of nitrogens with one attached hydrogen (secondary N) is 1. The Labute approximate surface area is 174 Å². The van der Waals surface area contributed by atoms with E-state index in [0.29, 0.717) is 41.8 Å². The number of hydrogen-bond donors (Lipinski definition) is 1. The first-order valence-electron chi connectivity index (χ1n) is 9.32. The lowest BCUT2D eigenvalue weighted by Crippen LogP contribution is -2.40. The molecule has 0 bridgehead atoms. The van der Waals surface area contributed by atoms with Gasteiger partial charge >= 0.3 is 0 Å². The average Bonchev–Trinajstić information content (AvgIpc) is 2.77. The molecule has 0 fully saturated rings. The van der Waals surface area contributed by atoms with Crippen LogP contribution in [-0.4, -0.2) is 25.2 Å². The molecule has 1 aliphatic rings. The highest BCUT2D eigenvalue weighted by atomic mass is 35.5. The molecule has 0 saturated heterocycles. The van der Waals surface area contributed by atoms with E-state index in [1.807, 2.05) is 54.6 Å². The maximum atomic E-state index is 12.7. The normalized spacial score (nSPS) is 14.9. The molecule has 0 saturated carbocycles. The van der Waals surface area contributed by atoms with Gasteiger partial charge in [-0.25, -0.2) is 0 Å². The van der Waals surface area contributed by atoms with Crippen molar-refractivity contribution in [3.63, 3.8) is 0 Å². The minimum atomic E-state index is -0.254. The van der Waals surface area contributed by atoms with Crippen LogP contribution >= 0.6 is 11.6 Å². The van der Waals surface area contributed by atoms with E-state index in [1.165, 1.54) is 0 Å². The third kappa shape index (κ3) is 4.81. The van der Waals surface area contributed by atoms with Gasteiger partial charge in [-0.15, -0.1) is 0 Å². The van der Waals surface area contributed by atoms with Crippen LogP contribution in [0.2, 0.25) is 5.02 Å². The van der Waals surface area contributed by atoms with Gasteiger partial charge in [-0.1, -0.05) is 48.0 Å². The van der Waals surface area contributed by atoms with Gasteiger partial charge in [0.2, 0.25) is 0 Å². The summed E-state index contributed by atoms with van der Waals surface area (Å²) in [6.07, 6.45) is -0.254. The second-order valence-electron chi connectivity index (χ2n) is 6.62. The number of rotatable bonds is 6. The topological polar surface area (TPSA) is 56.8 Å². The third-order valence-electron chi connectivity index (χ3n) is 4.50. The fourth-order valence-corrected chi connectivity index (χ4v) is 3.11. The van der Waals surface area contributed by atoms with Crippen LogP contribution in [0.5, 0.6) is 17.2 Å². The molecule has 29 heavy (non-hydrogen) atoms. The summed E-state index contributed by atoms with van der Waals surface area (Å²) >= 11 is 5.91. The van der Waals surface area contributed by atoms with Crippen molar-refractivity contribution < 1.29 is 19.0 Å². The Morgan fingerprint density at radius 2 is 1.72 bits per heavy atom. The standard InChI is InChI=1S/C23H20ClNO4/c24-17-11-9-16(10-12-17)14-27-20-6-2-1-5-19(20)23(26)25-13-18-15-28-21-7-3-4-8-22(21)29-18/h1-12,18H,13-15H2,(H,25,26)/t18-/m1/s1. The van der Waals surface area contributed by atoms with E-state index in [0.717, 1.165) is 11.3 Å². The van der Waals surface area contributed by atoms with Crippen LogP contribution in [0, 0.1) is 0 Å². The summed E-state index contributed by atoms with van der Waals surface area (Å²) in [6, 6.07) is 22.0. The predicted octanol–water partition coefficient (Wildman–Crippen LogP) is 4.49. The largest absolute Gasteiger partial charge is 0.488 e. The number of benzene rings is 3. The number of ether oxygens (including phenoxy) is 3. The number of fused-ring (bicyclic) bond motifs is 1. The molecule has 1 aliphatic heterocycles. The Balaban J connectivity index is 1.36. The second kappa shape index (κ2) is 8.88. The summed E-state index contributed by atoms with van der Waals surface area (Å²) in [6.45, 7) is 1.06. The number of amides is 1. The molecule has 4 rings (SSSR count). The first-order chi connectivity index (χ1) is 14.2. The van der Waals surface area contributed by atoms with E-state index in [1.54, 1.807) is 18.2 Å². The molecule has 0 spiro atoms. The zero-order valence-corrected chi connectivity index (χ0v) is 16.4. The van der Waals surface area contributed by atoms with E-state index in [9.17, 15) is 4.79 Å². The van der Waals surface area contributed by atoms with Crippen LogP contribution in [0.25, 0.3) is 0 Å². The maximum absolute atomic E-state index is 12.7. The number of carbonyl (C=O) groups excluding carboxylic acids is 1. The monoisotopic (exact) mass is 409 g/mol. The Morgan fingerprint density at radius 1 is 1.00 bits per heavy atom. The minimum absolute atomic E-state index is 0.223. The summed E-state index contributed by atoms with van der Waals surface area (Å²) < 4.78 is 17.4. The van der Waals surface area contributed by atoms with Gasteiger partial charge < -0.3 is 19.5 Å². The van der Waals surface area contributed by atoms with E-state index < -0.39 is 0 Å². The number of carbonyl (C=O) groups is 1. The molecule has 1 N–H and O–H groups in total. The van der Waals surface area contributed by atoms with Gasteiger partial charge in [-0.2, -0.15) is 0 Å². The minimum Gasteiger partial charge on any atom is -0.488 e. The molecular formula is C23H20ClNO4. The molecule has 1 amide bonds. The lowest BCUT2D eigenvalue weighted by molar-refractivity contribution is 0.0787. The molecular weight excluding hydrogens is 390 g/mol. The molecule has 0 radical (unpaired) electrons. The van der Waals surface area contributed by atoms with Crippen molar-refractivity contribution in [2.75, 3.05) is 13.2 Å². The molecule has 1 heterocycles. The summed E-state index contributed by atoms with van der Waals surface area (Å²) in [5.41, 5.74) is 1.44. The number of halogens is 1. The van der Waals surface area contributed by atoms with E-state index >= 15 is 0 Å². The fraction of sp³-hybridized carbons (Fsp3) is 0.174. The Morgan fingerprint density at radius 3 is 2.55 bits per heavy atom. The average molecular weight is 410 g/mol. The Bertz CT molecular complexity index is 990. The van der Waals surface area contributed by atoms with Gasteiger partial charge in [0.1, 0.15) is 25.1 Å². The molecule has 5 nitrogen and oxygen atoms in total. The first kappa shape index (κ1) is 19.2. The van der Waals surface area contributed by atoms with Gasteiger partial charge in [-0.05, 0) is 42.0 Å². The summed E-state index contributed by atoms with van der Waals surface area (Å²) in [7, 11) is 0. The molecule has 3 aromatic carbocycles. The molecule has 3 aromatic rings. The van der Waals surface area contributed by atoms with Gasteiger partial charge in [0.25, 0.3) is 5.91 Å². The highest BCUT2D eigenvalue weighted by molar-refractivity contribution is 6.30. The van der Waals surface area contributed by atoms with Crippen LogP contribution < -0.4 is 19.5 Å². The molecule has 0 aliphatic carbocycles. The van der Waals surface area contributed by atoms with E-state index in [-0.39, 0.29) is 12.0 Å². The first-order valence-corrected chi connectivity index (χ1v) is 9.70. The lowest BCUT2D eigenvalue weighted by atomic mass is 10.1. The van der Waals surface area contributed by atoms with Crippen molar-refractivity contribution in [2.45, 2.75) is 12.7 Å². The third-order valence-corrected chi connectivity index (χ3v) is 4.75. The van der Waals surface area contributed by atoms with E-state index in [4.69, 9.17) is 25.8 Å². The molecule has 0 aromatic heterocycles. The second-order valence-corrected chi connectivity index (χ2v) is 7.06. The van der Waals surface area contributed by atoms with Gasteiger partial charge in [-0.3, -0.25) is 4.79 Å². The Kier molecular flexibility index (Phi) is 5.86. The van der Waals surface area contributed by atoms with Gasteiger partial charge in [0.05, 0.1) is 12.1 Å². The summed E-state index contributed by atoms with van der Waals surface area (Å²) in [5, 5.41) is 3.58. The summed E-state index contributed by atoms with van der Waals surface area (Å²) in [4.78, 5) is 12.7. The highest BCUT2D eigenvalue weighted by Gasteiger charge is 2.22. The van der Waals surface area contributed by atoms with E-state index in [2.05, 4.69) is 5.32 Å². The van der Waals surface area contributed by atoms with Crippen LogP contribution in [-0.2, 0) is 6.61 Å². The number of para-hydroxylation sites is 3. The summed E-state index contributed by atoms with van der Waals surface area (Å²) in [5.74, 6) is 1.70.